The minimum absolute atomic E-state index is 0.00574. The Morgan fingerprint density at radius 1 is 0.662 bits per heavy atom. The maximum Gasteiger partial charge on any atom is 0.314 e. The maximum absolute atomic E-state index is 13.8. The first-order valence-electron chi connectivity index (χ1n) is 21.7. The van der Waals surface area contributed by atoms with Gasteiger partial charge in [0.2, 0.25) is 5.89 Å². The highest BCUT2D eigenvalue weighted by molar-refractivity contribution is 7.90. The van der Waals surface area contributed by atoms with Gasteiger partial charge in [-0.05, 0) is 87.4 Å². The van der Waals surface area contributed by atoms with E-state index in [2.05, 4.69) is 47.7 Å². The first kappa shape index (κ1) is 52.7. The Balaban J connectivity index is 0.000000226. The number of benzene rings is 4. The number of Topliss-reactive ketones (excluding diaryl/α,β-unsaturated/α-hetero) is 1. The van der Waals surface area contributed by atoms with E-state index in [1.165, 1.54) is 41.5 Å². The molecule has 5 aromatic rings. The molecule has 0 amide bonds. The molecule has 0 spiro atoms. The maximum atomic E-state index is 13.8. The number of hydrogen-bond acceptors (Lipinski definition) is 11. The van der Waals surface area contributed by atoms with Gasteiger partial charge in [-0.1, -0.05) is 59.6 Å². The van der Waals surface area contributed by atoms with Crippen LogP contribution in [0.5, 0.6) is 0 Å². The molecule has 368 valence electrons. The number of hydrogen-bond donors (Lipinski definition) is 1. The lowest BCUT2D eigenvalue weighted by Gasteiger charge is -2.39. The molecule has 0 radical (unpaired) electrons. The molecule has 2 fully saturated rings. The standard InChI is InChI=1S/C23H25ClF3N5O3S.C22H28ClFN4O3S/c1-15(2)30-9-11-31(12-10-30)36(33,34)32(18-7-8-20(25)19(24)13-18)14-16-3-5-17(6-4-16)22-28-29-23(35-22)21(26)27;1-16(2)26-9-11-27(12-10-26)32(30,31)28(19-7-8-21(24)20(23)13-19)15-17-3-5-18(6-4-17)22(29)14-25/h3-8,13,15,21H,9-12,14H2,1-2H3;3-8,13,16H,9-12,14-15,25H2,1-2H3. The van der Waals surface area contributed by atoms with E-state index in [0.29, 0.717) is 86.7 Å². The van der Waals surface area contributed by atoms with Crippen molar-refractivity contribution in [3.8, 4) is 11.5 Å². The lowest BCUT2D eigenvalue weighted by Crippen LogP contribution is -2.54. The van der Waals surface area contributed by atoms with Crippen LogP contribution in [0.4, 0.5) is 28.9 Å². The molecule has 0 unspecified atom stereocenters. The van der Waals surface area contributed by atoms with Gasteiger partial charge in [-0.15, -0.1) is 10.2 Å². The predicted octanol–water partition coefficient (Wildman–Crippen LogP) is 7.64. The number of aromatic nitrogens is 2. The van der Waals surface area contributed by atoms with Crippen LogP contribution in [0, 0.1) is 11.6 Å². The van der Waals surface area contributed by atoms with Crippen LogP contribution in [0.25, 0.3) is 11.5 Å². The number of rotatable bonds is 16. The minimum Gasteiger partial charge on any atom is -0.415 e. The summed E-state index contributed by atoms with van der Waals surface area (Å²) in [5.74, 6) is -2.33. The van der Waals surface area contributed by atoms with E-state index >= 15 is 0 Å². The molecule has 15 nitrogen and oxygen atoms in total. The van der Waals surface area contributed by atoms with Gasteiger partial charge in [-0.2, -0.15) is 34.2 Å². The van der Waals surface area contributed by atoms with E-state index in [-0.39, 0.29) is 52.7 Å². The first-order valence-corrected chi connectivity index (χ1v) is 25.2. The Hall–Kier alpha value is -4.71. The highest BCUT2D eigenvalue weighted by Crippen LogP contribution is 2.31. The van der Waals surface area contributed by atoms with Crippen LogP contribution >= 0.6 is 23.2 Å². The van der Waals surface area contributed by atoms with Gasteiger partial charge in [0.15, 0.2) is 5.78 Å². The molecule has 1 aromatic heterocycles. The van der Waals surface area contributed by atoms with E-state index in [1.54, 1.807) is 48.5 Å². The Morgan fingerprint density at radius 2 is 1.07 bits per heavy atom. The summed E-state index contributed by atoms with van der Waals surface area (Å²) in [5, 5.41) is 6.58. The molecule has 0 bridgehead atoms. The van der Waals surface area contributed by atoms with Crippen molar-refractivity contribution < 1.29 is 43.6 Å². The summed E-state index contributed by atoms with van der Waals surface area (Å²) in [6.45, 7) is 11.9. The van der Waals surface area contributed by atoms with E-state index in [1.807, 2.05) is 0 Å². The zero-order valence-electron chi connectivity index (χ0n) is 37.8. The number of nitrogens with two attached hydrogens (primary N) is 1. The average molecular weight is 1030 g/mol. The lowest BCUT2D eigenvalue weighted by atomic mass is 10.1. The highest BCUT2D eigenvalue weighted by atomic mass is 35.5. The number of nitrogens with zero attached hydrogens (tertiary/aromatic N) is 8. The first-order chi connectivity index (χ1) is 32.2. The van der Waals surface area contributed by atoms with Gasteiger partial charge >= 0.3 is 26.8 Å². The van der Waals surface area contributed by atoms with E-state index < -0.39 is 44.4 Å². The molecule has 0 aliphatic carbocycles. The van der Waals surface area contributed by atoms with E-state index in [9.17, 15) is 39.2 Å². The summed E-state index contributed by atoms with van der Waals surface area (Å²) < 4.78 is 118. The summed E-state index contributed by atoms with van der Waals surface area (Å²) in [5.41, 5.74) is 8.02. The molecular weight excluding hydrogens is 974 g/mol. The second-order valence-electron chi connectivity index (χ2n) is 16.6. The van der Waals surface area contributed by atoms with Crippen molar-refractivity contribution in [1.82, 2.24) is 28.6 Å². The molecule has 0 atom stereocenters. The zero-order chi connectivity index (χ0) is 49.5. The number of piperazine rings is 2. The Kier molecular flexibility index (Phi) is 17.7. The Bertz CT molecular complexity index is 2720. The molecule has 68 heavy (non-hydrogen) atoms. The predicted molar refractivity (Wildman–Crippen MR) is 254 cm³/mol. The number of alkyl halides is 2. The fourth-order valence-corrected chi connectivity index (χ4v) is 11.1. The molecular formula is C45H53Cl2F4N9O6S2. The van der Waals surface area contributed by atoms with Gasteiger partial charge in [0.1, 0.15) is 11.6 Å². The number of carbonyl (C=O) groups excluding carboxylic acids is 1. The molecule has 3 heterocycles. The van der Waals surface area contributed by atoms with Gasteiger partial charge in [0.25, 0.3) is 5.89 Å². The van der Waals surface area contributed by atoms with Crippen LogP contribution in [-0.2, 0) is 33.5 Å². The van der Waals surface area contributed by atoms with Gasteiger partial charge in [0, 0.05) is 75.6 Å². The third kappa shape index (κ3) is 12.7. The third-order valence-corrected chi connectivity index (χ3v) is 15.9. The van der Waals surface area contributed by atoms with Crippen LogP contribution in [0.2, 0.25) is 10.0 Å². The molecule has 2 saturated heterocycles. The molecule has 0 saturated carbocycles. The van der Waals surface area contributed by atoms with Gasteiger partial charge in [0.05, 0.1) is 41.1 Å². The molecule has 7 rings (SSSR count). The van der Waals surface area contributed by atoms with Crippen molar-refractivity contribution >= 4 is 60.8 Å². The number of halogens is 6. The fraction of sp³-hybridized carbons (Fsp3) is 0.400. The smallest absolute Gasteiger partial charge is 0.314 e. The van der Waals surface area contributed by atoms with E-state index in [0.717, 1.165) is 12.1 Å². The Morgan fingerprint density at radius 3 is 1.43 bits per heavy atom. The summed E-state index contributed by atoms with van der Waals surface area (Å²) in [7, 11) is -7.90. The number of ketones is 1. The summed E-state index contributed by atoms with van der Waals surface area (Å²) >= 11 is 11.9. The number of carbonyl (C=O) groups is 1. The summed E-state index contributed by atoms with van der Waals surface area (Å²) in [6.07, 6.45) is -2.88. The van der Waals surface area contributed by atoms with Crippen molar-refractivity contribution in [2.45, 2.75) is 59.3 Å². The third-order valence-electron chi connectivity index (χ3n) is 11.5. The van der Waals surface area contributed by atoms with E-state index in [4.69, 9.17) is 33.4 Å². The van der Waals surface area contributed by atoms with Crippen molar-refractivity contribution in [1.29, 1.82) is 0 Å². The molecule has 23 heteroatoms. The summed E-state index contributed by atoms with van der Waals surface area (Å²) in [4.78, 5) is 16.2. The minimum atomic E-state index is -3.99. The van der Waals surface area contributed by atoms with Crippen LogP contribution in [0.15, 0.2) is 89.3 Å². The van der Waals surface area contributed by atoms with Crippen molar-refractivity contribution in [3.63, 3.8) is 0 Å². The second kappa shape index (κ2) is 22.8. The second-order valence-corrected chi connectivity index (χ2v) is 21.1. The largest absolute Gasteiger partial charge is 0.415 e. The van der Waals surface area contributed by atoms with Crippen molar-refractivity contribution in [2.24, 2.45) is 5.73 Å². The Labute approximate surface area is 404 Å². The van der Waals surface area contributed by atoms with Crippen molar-refractivity contribution in [3.05, 3.63) is 129 Å². The zero-order valence-corrected chi connectivity index (χ0v) is 40.9. The molecule has 2 aliphatic rings. The quantitative estimate of drug-likeness (QED) is 0.0762. The molecule has 2 aliphatic heterocycles. The topological polar surface area (TPSA) is 170 Å². The van der Waals surface area contributed by atoms with Crippen LogP contribution < -0.4 is 14.3 Å². The molecule has 2 N–H and O–H groups in total. The van der Waals surface area contributed by atoms with Crippen LogP contribution in [0.3, 0.4) is 0 Å². The van der Waals surface area contributed by atoms with Gasteiger partial charge < -0.3 is 10.2 Å². The van der Waals surface area contributed by atoms with Crippen LogP contribution in [-0.4, -0.2) is 122 Å². The lowest BCUT2D eigenvalue weighted by molar-refractivity contribution is 0.100. The average Bonchev–Trinajstić information content (AvgIpc) is 3.83. The fourth-order valence-electron chi connectivity index (χ4n) is 7.51. The molecule has 4 aromatic carbocycles. The monoisotopic (exact) mass is 1030 g/mol. The van der Waals surface area contributed by atoms with Gasteiger partial charge in [-0.3, -0.25) is 23.2 Å². The van der Waals surface area contributed by atoms with Crippen LogP contribution in [0.1, 0.15) is 61.5 Å². The number of anilines is 2. The summed E-state index contributed by atoms with van der Waals surface area (Å²) in [6, 6.07) is 21.3. The normalized spacial score (nSPS) is 15.7. The highest BCUT2D eigenvalue weighted by Gasteiger charge is 2.35. The van der Waals surface area contributed by atoms with Gasteiger partial charge in [-0.25, -0.2) is 8.78 Å². The SMILES string of the molecule is CC(C)N1CCN(S(=O)(=O)N(Cc2ccc(-c3nnc(C(F)F)o3)cc2)c2ccc(F)c(Cl)c2)CC1.CC(C)N1CCN(S(=O)(=O)N(Cc2ccc(C(=O)CN)cc2)c2ccc(F)c(Cl)c2)CC1. The van der Waals surface area contributed by atoms with Crippen molar-refractivity contribution in [2.75, 3.05) is 67.5 Å².